The Labute approximate surface area is 111 Å². The zero-order valence-electron chi connectivity index (χ0n) is 11.1. The van der Waals surface area contributed by atoms with E-state index in [0.29, 0.717) is 12.1 Å². The highest BCUT2D eigenvalue weighted by molar-refractivity contribution is 5.75. The Morgan fingerprint density at radius 1 is 1.37 bits per heavy atom. The molecule has 2 N–H and O–H groups in total. The summed E-state index contributed by atoms with van der Waals surface area (Å²) in [6.07, 6.45) is 0. The van der Waals surface area contributed by atoms with Crippen molar-refractivity contribution in [1.29, 1.82) is 0 Å². The molecule has 0 unspecified atom stereocenters. The summed E-state index contributed by atoms with van der Waals surface area (Å²) in [6.45, 7) is 4.30. The maximum Gasteiger partial charge on any atom is 0.242 e. The molecule has 1 aromatic heterocycles. The van der Waals surface area contributed by atoms with Gasteiger partial charge in [0.15, 0.2) is 0 Å². The highest BCUT2D eigenvalue weighted by Gasteiger charge is 2.07. The van der Waals surface area contributed by atoms with Crippen LogP contribution in [0.1, 0.15) is 17.0 Å². The minimum atomic E-state index is -0.130. The molecular weight excluding hydrogens is 242 g/mol. The summed E-state index contributed by atoms with van der Waals surface area (Å²) in [7, 11) is 0. The predicted octanol–water partition coefficient (Wildman–Crippen LogP) is 1.52. The maximum absolute atomic E-state index is 11.8. The summed E-state index contributed by atoms with van der Waals surface area (Å²) in [6, 6.07) is 8.87. The average Bonchev–Trinajstić information content (AvgIpc) is 2.67. The number of nitrogens with one attached hydrogen (secondary N) is 1. The summed E-state index contributed by atoms with van der Waals surface area (Å²) >= 11 is 0. The van der Waals surface area contributed by atoms with Crippen molar-refractivity contribution in [3.05, 3.63) is 47.3 Å². The summed E-state index contributed by atoms with van der Waals surface area (Å²) in [5.74, 6) is 0.0587. The van der Waals surface area contributed by atoms with E-state index in [1.165, 1.54) is 0 Å². The first kappa shape index (κ1) is 13.1. The SMILES string of the molecule is Cc1cc(C)n(CC(=O)NCc2ccccc2O)n1. The summed E-state index contributed by atoms with van der Waals surface area (Å²) in [5, 5.41) is 16.6. The van der Waals surface area contributed by atoms with Gasteiger partial charge < -0.3 is 10.4 Å². The molecule has 0 fully saturated rings. The Hall–Kier alpha value is -2.30. The fourth-order valence-electron chi connectivity index (χ4n) is 1.88. The van der Waals surface area contributed by atoms with E-state index in [2.05, 4.69) is 10.4 Å². The smallest absolute Gasteiger partial charge is 0.242 e. The predicted molar refractivity (Wildman–Crippen MR) is 71.7 cm³/mol. The number of amides is 1. The van der Waals surface area contributed by atoms with E-state index in [1.807, 2.05) is 26.0 Å². The molecule has 0 aliphatic carbocycles. The molecule has 0 aliphatic rings. The lowest BCUT2D eigenvalue weighted by Gasteiger charge is -2.08. The van der Waals surface area contributed by atoms with E-state index >= 15 is 0 Å². The number of carbonyl (C=O) groups excluding carboxylic acids is 1. The minimum Gasteiger partial charge on any atom is -0.508 e. The molecule has 1 aromatic carbocycles. The number of aromatic nitrogens is 2. The van der Waals surface area contributed by atoms with Crippen LogP contribution < -0.4 is 5.32 Å². The van der Waals surface area contributed by atoms with E-state index in [-0.39, 0.29) is 18.2 Å². The average molecular weight is 259 g/mol. The van der Waals surface area contributed by atoms with Crippen LogP contribution in [0.3, 0.4) is 0 Å². The monoisotopic (exact) mass is 259 g/mol. The Morgan fingerprint density at radius 2 is 2.11 bits per heavy atom. The van der Waals surface area contributed by atoms with E-state index < -0.39 is 0 Å². The zero-order valence-corrected chi connectivity index (χ0v) is 11.1. The number of phenols is 1. The number of phenolic OH excluding ortho intramolecular Hbond substituents is 1. The maximum atomic E-state index is 11.8. The second kappa shape index (κ2) is 5.56. The Morgan fingerprint density at radius 3 is 2.74 bits per heavy atom. The van der Waals surface area contributed by atoms with Gasteiger partial charge in [-0.15, -0.1) is 0 Å². The van der Waals surface area contributed by atoms with Gasteiger partial charge >= 0.3 is 0 Å². The van der Waals surface area contributed by atoms with Crippen LogP contribution in [0.15, 0.2) is 30.3 Å². The Balaban J connectivity index is 1.92. The quantitative estimate of drug-likeness (QED) is 0.874. The van der Waals surface area contributed by atoms with Gasteiger partial charge in [0.05, 0.1) is 5.69 Å². The number of carbonyl (C=O) groups is 1. The number of aromatic hydroxyl groups is 1. The first-order chi connectivity index (χ1) is 9.06. The third-order valence-corrected chi connectivity index (χ3v) is 2.86. The van der Waals surface area contributed by atoms with Crippen molar-refractivity contribution in [2.75, 3.05) is 0 Å². The van der Waals surface area contributed by atoms with Crippen molar-refractivity contribution in [2.45, 2.75) is 26.9 Å². The molecule has 1 amide bonds. The number of rotatable bonds is 4. The van der Waals surface area contributed by atoms with Gasteiger partial charge in [-0.05, 0) is 26.0 Å². The van der Waals surface area contributed by atoms with Crippen LogP contribution in [0.5, 0.6) is 5.75 Å². The van der Waals surface area contributed by atoms with Crippen LogP contribution >= 0.6 is 0 Å². The van der Waals surface area contributed by atoms with E-state index in [0.717, 1.165) is 11.4 Å². The van der Waals surface area contributed by atoms with Crippen molar-refractivity contribution in [3.8, 4) is 5.75 Å². The van der Waals surface area contributed by atoms with Crippen molar-refractivity contribution in [3.63, 3.8) is 0 Å². The third kappa shape index (κ3) is 3.34. The van der Waals surface area contributed by atoms with Gasteiger partial charge in [0, 0.05) is 17.8 Å². The molecule has 2 aromatic rings. The lowest BCUT2D eigenvalue weighted by molar-refractivity contribution is -0.122. The number of nitrogens with zero attached hydrogens (tertiary/aromatic N) is 2. The van der Waals surface area contributed by atoms with E-state index in [1.54, 1.807) is 22.9 Å². The molecule has 100 valence electrons. The standard InChI is InChI=1S/C14H17N3O2/c1-10-7-11(2)17(16-10)9-14(19)15-8-12-5-3-4-6-13(12)18/h3-7,18H,8-9H2,1-2H3,(H,15,19). The van der Waals surface area contributed by atoms with Crippen molar-refractivity contribution in [2.24, 2.45) is 0 Å². The number of benzene rings is 1. The molecule has 0 bridgehead atoms. The van der Waals surface area contributed by atoms with Crippen molar-refractivity contribution < 1.29 is 9.90 Å². The molecule has 0 saturated carbocycles. The Kier molecular flexibility index (Phi) is 3.85. The molecule has 0 spiro atoms. The molecule has 5 heteroatoms. The molecular formula is C14H17N3O2. The van der Waals surface area contributed by atoms with Crippen molar-refractivity contribution >= 4 is 5.91 Å². The van der Waals surface area contributed by atoms with E-state index in [9.17, 15) is 9.90 Å². The molecule has 0 radical (unpaired) electrons. The molecule has 0 aliphatic heterocycles. The number of aryl methyl sites for hydroxylation is 2. The van der Waals surface area contributed by atoms with Gasteiger partial charge in [-0.1, -0.05) is 18.2 Å². The van der Waals surface area contributed by atoms with Gasteiger partial charge in [0.1, 0.15) is 12.3 Å². The van der Waals surface area contributed by atoms with Crippen LogP contribution in [0.25, 0.3) is 0 Å². The molecule has 0 atom stereocenters. The number of para-hydroxylation sites is 1. The third-order valence-electron chi connectivity index (χ3n) is 2.86. The molecule has 5 nitrogen and oxygen atoms in total. The Bertz CT molecular complexity index is 590. The van der Waals surface area contributed by atoms with Gasteiger partial charge in [0.2, 0.25) is 5.91 Å². The molecule has 19 heavy (non-hydrogen) atoms. The summed E-state index contributed by atoms with van der Waals surface area (Å²) in [4.78, 5) is 11.8. The van der Waals surface area contributed by atoms with Gasteiger partial charge in [-0.25, -0.2) is 0 Å². The minimum absolute atomic E-state index is 0.130. The van der Waals surface area contributed by atoms with Gasteiger partial charge in [-0.2, -0.15) is 5.10 Å². The van der Waals surface area contributed by atoms with E-state index in [4.69, 9.17) is 0 Å². The second-order valence-corrected chi connectivity index (χ2v) is 4.49. The largest absolute Gasteiger partial charge is 0.508 e. The van der Waals surface area contributed by atoms with Crippen LogP contribution in [0.4, 0.5) is 0 Å². The molecule has 2 rings (SSSR count). The number of hydrogen-bond acceptors (Lipinski definition) is 3. The van der Waals surface area contributed by atoms with Crippen LogP contribution in [0.2, 0.25) is 0 Å². The highest BCUT2D eigenvalue weighted by Crippen LogP contribution is 2.14. The number of hydrogen-bond donors (Lipinski definition) is 2. The lowest BCUT2D eigenvalue weighted by Crippen LogP contribution is -2.28. The topological polar surface area (TPSA) is 67.2 Å². The second-order valence-electron chi connectivity index (χ2n) is 4.49. The highest BCUT2D eigenvalue weighted by atomic mass is 16.3. The normalized spacial score (nSPS) is 10.4. The van der Waals surface area contributed by atoms with Crippen molar-refractivity contribution in [1.82, 2.24) is 15.1 Å². The first-order valence-electron chi connectivity index (χ1n) is 6.11. The first-order valence-corrected chi connectivity index (χ1v) is 6.11. The van der Waals surface area contributed by atoms with Gasteiger partial charge in [-0.3, -0.25) is 9.48 Å². The van der Waals surface area contributed by atoms with Crippen LogP contribution in [0, 0.1) is 13.8 Å². The lowest BCUT2D eigenvalue weighted by atomic mass is 10.2. The molecule has 0 saturated heterocycles. The zero-order chi connectivity index (χ0) is 13.8. The summed E-state index contributed by atoms with van der Waals surface area (Å²) < 4.78 is 1.66. The fraction of sp³-hybridized carbons (Fsp3) is 0.286. The van der Waals surface area contributed by atoms with Gasteiger partial charge in [0.25, 0.3) is 0 Å². The summed E-state index contributed by atoms with van der Waals surface area (Å²) in [5.41, 5.74) is 2.55. The molecule has 1 heterocycles. The van der Waals surface area contributed by atoms with Crippen LogP contribution in [-0.4, -0.2) is 20.8 Å². The van der Waals surface area contributed by atoms with Crippen LogP contribution in [-0.2, 0) is 17.9 Å². The fourth-order valence-corrected chi connectivity index (χ4v) is 1.88.